The normalized spacial score (nSPS) is 10.7. The number of nitrogens with two attached hydrogens (primary N) is 1. The summed E-state index contributed by atoms with van der Waals surface area (Å²) in [4.78, 5) is 30.7. The van der Waals surface area contributed by atoms with E-state index in [1.165, 1.54) is 23.2 Å². The number of rotatable bonds is 4. The van der Waals surface area contributed by atoms with Gasteiger partial charge in [0, 0.05) is 25.1 Å². The second-order valence-corrected chi connectivity index (χ2v) is 4.07. The van der Waals surface area contributed by atoms with Crippen LogP contribution >= 0.6 is 0 Å². The van der Waals surface area contributed by atoms with Gasteiger partial charge in [-0.3, -0.25) is 14.3 Å². The van der Waals surface area contributed by atoms with E-state index < -0.39 is 11.6 Å². The van der Waals surface area contributed by atoms with Gasteiger partial charge in [-0.15, -0.1) is 0 Å². The molecule has 8 heteroatoms. The van der Waals surface area contributed by atoms with Gasteiger partial charge in [-0.1, -0.05) is 0 Å². The zero-order valence-corrected chi connectivity index (χ0v) is 11.4. The molecule has 0 aromatic carbocycles. The second-order valence-electron chi connectivity index (χ2n) is 4.07. The highest BCUT2D eigenvalue weighted by Gasteiger charge is 2.06. The van der Waals surface area contributed by atoms with Gasteiger partial charge in [0.1, 0.15) is 5.82 Å². The summed E-state index contributed by atoms with van der Waals surface area (Å²) in [5.41, 5.74) is 8.59. The van der Waals surface area contributed by atoms with Crippen molar-refractivity contribution in [1.29, 1.82) is 0 Å². The molecule has 0 bridgehead atoms. The molecule has 0 aliphatic rings. The Hall–Kier alpha value is -3.03. The third-order valence-electron chi connectivity index (χ3n) is 2.74. The van der Waals surface area contributed by atoms with E-state index in [0.717, 1.165) is 0 Å². The quantitative estimate of drug-likeness (QED) is 0.606. The van der Waals surface area contributed by atoms with E-state index in [4.69, 9.17) is 5.73 Å². The van der Waals surface area contributed by atoms with Crippen LogP contribution in [0.2, 0.25) is 0 Å². The molecule has 0 aliphatic carbocycles. The van der Waals surface area contributed by atoms with Crippen molar-refractivity contribution in [2.24, 2.45) is 5.10 Å². The number of anilines is 1. The van der Waals surface area contributed by atoms with Crippen LogP contribution in [0.25, 0.3) is 0 Å². The van der Waals surface area contributed by atoms with Crippen LogP contribution in [0, 0.1) is 0 Å². The Morgan fingerprint density at radius 3 is 3.00 bits per heavy atom. The fourth-order valence-electron chi connectivity index (χ4n) is 1.65. The summed E-state index contributed by atoms with van der Waals surface area (Å²) in [6, 6.07) is 3.27. The van der Waals surface area contributed by atoms with Gasteiger partial charge in [-0.05, 0) is 19.1 Å². The number of nitrogens with one attached hydrogen (secondary N) is 1. The predicted molar refractivity (Wildman–Crippen MR) is 77.9 cm³/mol. The van der Waals surface area contributed by atoms with Gasteiger partial charge in [0.15, 0.2) is 0 Å². The number of carbonyl (C=O) groups excluding carboxylic acids is 1. The molecular formula is C13H14N6O2. The molecule has 2 heterocycles. The van der Waals surface area contributed by atoms with E-state index in [-0.39, 0.29) is 5.82 Å². The topological polar surface area (TPSA) is 115 Å². The molecule has 0 radical (unpaired) electrons. The van der Waals surface area contributed by atoms with Crippen molar-refractivity contribution in [3.05, 3.63) is 52.3 Å². The van der Waals surface area contributed by atoms with Gasteiger partial charge in [-0.25, -0.2) is 15.2 Å². The van der Waals surface area contributed by atoms with Crippen molar-refractivity contribution in [2.45, 2.75) is 13.5 Å². The molecule has 1 amide bonds. The maximum absolute atomic E-state index is 11.7. The number of nitrogens with zero attached hydrogens (tertiary/aromatic N) is 4. The molecular weight excluding hydrogens is 272 g/mol. The average Bonchev–Trinajstić information content (AvgIpc) is 2.51. The van der Waals surface area contributed by atoms with E-state index in [0.29, 0.717) is 17.7 Å². The first-order valence-electron chi connectivity index (χ1n) is 6.22. The molecule has 21 heavy (non-hydrogen) atoms. The summed E-state index contributed by atoms with van der Waals surface area (Å²) >= 11 is 0. The van der Waals surface area contributed by atoms with Crippen LogP contribution in [0.5, 0.6) is 0 Å². The maximum Gasteiger partial charge on any atom is 0.349 e. The molecule has 108 valence electrons. The van der Waals surface area contributed by atoms with Crippen LogP contribution in [0.1, 0.15) is 22.8 Å². The van der Waals surface area contributed by atoms with Crippen LogP contribution in [0.4, 0.5) is 5.82 Å². The molecule has 3 N–H and O–H groups in total. The third-order valence-corrected chi connectivity index (χ3v) is 2.74. The summed E-state index contributed by atoms with van der Waals surface area (Å²) in [5.74, 6) is -0.147. The van der Waals surface area contributed by atoms with Crippen LogP contribution in [0.3, 0.4) is 0 Å². The summed E-state index contributed by atoms with van der Waals surface area (Å²) in [5, 5.41) is 3.80. The Balaban J connectivity index is 2.12. The van der Waals surface area contributed by atoms with Crippen LogP contribution in [-0.2, 0) is 6.54 Å². The van der Waals surface area contributed by atoms with Crippen LogP contribution in [-0.4, -0.2) is 26.7 Å². The van der Waals surface area contributed by atoms with E-state index in [1.807, 2.05) is 0 Å². The molecule has 0 aliphatic heterocycles. The number of hydrogen-bond donors (Lipinski definition) is 2. The van der Waals surface area contributed by atoms with Crippen molar-refractivity contribution < 1.29 is 4.79 Å². The average molecular weight is 286 g/mol. The van der Waals surface area contributed by atoms with Crippen molar-refractivity contribution in [3.63, 3.8) is 0 Å². The van der Waals surface area contributed by atoms with Gasteiger partial charge in [-0.2, -0.15) is 5.10 Å². The predicted octanol–water partition coefficient (Wildman–Crippen LogP) is 0.00430. The van der Waals surface area contributed by atoms with E-state index in [9.17, 15) is 9.59 Å². The van der Waals surface area contributed by atoms with E-state index >= 15 is 0 Å². The highest BCUT2D eigenvalue weighted by atomic mass is 16.2. The summed E-state index contributed by atoms with van der Waals surface area (Å²) in [6.07, 6.45) is 5.64. The van der Waals surface area contributed by atoms with Gasteiger partial charge in [0.2, 0.25) is 0 Å². The highest BCUT2D eigenvalue weighted by Crippen LogP contribution is 2.04. The zero-order chi connectivity index (χ0) is 15.2. The standard InChI is InChI=1S/C13H14N6O2/c1-2-19-11(14)10(7-16-13(19)21)8-17-18-12(20)9-4-3-5-15-6-9/h3-8H,2,14H2,1H3,(H,18,20)/b17-8+. The van der Waals surface area contributed by atoms with Gasteiger partial charge in [0.25, 0.3) is 5.91 Å². The molecule has 0 atom stereocenters. The Bertz CT molecular complexity index is 723. The fourth-order valence-corrected chi connectivity index (χ4v) is 1.65. The van der Waals surface area contributed by atoms with Gasteiger partial charge >= 0.3 is 5.69 Å². The lowest BCUT2D eigenvalue weighted by Crippen LogP contribution is -2.26. The molecule has 0 spiro atoms. The molecule has 8 nitrogen and oxygen atoms in total. The lowest BCUT2D eigenvalue weighted by atomic mass is 10.3. The maximum atomic E-state index is 11.7. The zero-order valence-electron chi connectivity index (χ0n) is 11.4. The summed E-state index contributed by atoms with van der Waals surface area (Å²) in [7, 11) is 0. The SMILES string of the molecule is CCn1c(N)c(/C=N/NC(=O)c2cccnc2)cnc1=O. The fraction of sp³-hybridized carbons (Fsp3) is 0.154. The molecule has 0 unspecified atom stereocenters. The number of hydrogen-bond acceptors (Lipinski definition) is 6. The minimum atomic E-state index is -0.424. The molecule has 2 aromatic rings. The summed E-state index contributed by atoms with van der Waals surface area (Å²) < 4.78 is 1.31. The number of pyridine rings is 1. The molecule has 2 rings (SSSR count). The van der Waals surface area contributed by atoms with Crippen LogP contribution < -0.4 is 16.8 Å². The minimum absolute atomic E-state index is 0.247. The lowest BCUT2D eigenvalue weighted by molar-refractivity contribution is 0.0955. The van der Waals surface area contributed by atoms with E-state index in [2.05, 4.69) is 20.5 Å². The number of carbonyl (C=O) groups is 1. The third kappa shape index (κ3) is 3.30. The first-order chi connectivity index (χ1) is 10.1. The second kappa shape index (κ2) is 6.42. The highest BCUT2D eigenvalue weighted by molar-refractivity contribution is 5.94. The number of amides is 1. The molecule has 2 aromatic heterocycles. The van der Waals surface area contributed by atoms with Crippen molar-refractivity contribution in [1.82, 2.24) is 20.0 Å². The monoisotopic (exact) mass is 286 g/mol. The number of aromatic nitrogens is 3. The summed E-state index contributed by atoms with van der Waals surface area (Å²) in [6.45, 7) is 2.19. The lowest BCUT2D eigenvalue weighted by Gasteiger charge is -2.07. The largest absolute Gasteiger partial charge is 0.384 e. The Morgan fingerprint density at radius 2 is 2.33 bits per heavy atom. The first-order valence-corrected chi connectivity index (χ1v) is 6.22. The first kappa shape index (κ1) is 14.4. The number of hydrazone groups is 1. The Morgan fingerprint density at radius 1 is 1.52 bits per heavy atom. The van der Waals surface area contributed by atoms with Crippen molar-refractivity contribution in [2.75, 3.05) is 5.73 Å². The Kier molecular flexibility index (Phi) is 4.39. The van der Waals surface area contributed by atoms with E-state index in [1.54, 1.807) is 25.3 Å². The smallest absolute Gasteiger partial charge is 0.349 e. The Labute approximate surface area is 120 Å². The minimum Gasteiger partial charge on any atom is -0.384 e. The van der Waals surface area contributed by atoms with Crippen molar-refractivity contribution >= 4 is 17.9 Å². The molecule has 0 saturated heterocycles. The molecule has 0 saturated carbocycles. The van der Waals surface area contributed by atoms with Crippen LogP contribution in [0.15, 0.2) is 40.6 Å². The number of nitrogen functional groups attached to an aromatic ring is 1. The molecule has 0 fully saturated rings. The van der Waals surface area contributed by atoms with Gasteiger partial charge in [0.05, 0.1) is 17.3 Å². The van der Waals surface area contributed by atoms with Crippen molar-refractivity contribution in [3.8, 4) is 0 Å². The van der Waals surface area contributed by atoms with Gasteiger partial charge < -0.3 is 5.73 Å².